The minimum atomic E-state index is 0.846. The van der Waals surface area contributed by atoms with E-state index in [4.69, 9.17) is 4.42 Å². The maximum Gasteiger partial charge on any atom is 0.159 e. The van der Waals surface area contributed by atoms with E-state index in [9.17, 15) is 0 Å². The quantitative estimate of drug-likeness (QED) is 0.142. The summed E-state index contributed by atoms with van der Waals surface area (Å²) >= 11 is 0. The lowest BCUT2D eigenvalue weighted by Gasteiger charge is -2.29. The summed E-state index contributed by atoms with van der Waals surface area (Å²) in [6.07, 6.45) is 0. The van der Waals surface area contributed by atoms with Crippen LogP contribution in [0.1, 0.15) is 0 Å². The Morgan fingerprint density at radius 3 is 1.48 bits per heavy atom. The molecule has 0 aliphatic heterocycles. The van der Waals surface area contributed by atoms with Crippen LogP contribution in [0.4, 0.5) is 17.1 Å². The normalized spacial score (nSPS) is 11.4. The maximum absolute atomic E-state index is 6.81. The highest BCUT2D eigenvalue weighted by molar-refractivity contribution is 6.22. The van der Waals surface area contributed by atoms with Crippen LogP contribution in [0.25, 0.3) is 99.1 Å². The molecule has 0 spiro atoms. The lowest BCUT2D eigenvalue weighted by molar-refractivity contribution is 0.669. The second-order valence-electron chi connectivity index (χ2n) is 16.4. The van der Waals surface area contributed by atoms with E-state index in [0.29, 0.717) is 0 Å². The molecule has 0 fully saturated rings. The first-order chi connectivity index (χ1) is 31.8. The molecule has 0 aliphatic carbocycles. The van der Waals surface area contributed by atoms with Gasteiger partial charge in [0, 0.05) is 22.0 Å². The van der Waals surface area contributed by atoms with Crippen LogP contribution in [0.3, 0.4) is 0 Å². The molecule has 0 aliphatic rings. The number of hydrogen-bond acceptors (Lipinski definition) is 2. The van der Waals surface area contributed by atoms with E-state index >= 15 is 0 Å². The fourth-order valence-electron chi connectivity index (χ4n) is 9.71. The molecule has 0 N–H and O–H groups in total. The Bertz CT molecular complexity index is 3650. The standard InChI is InChI=1S/C62H41NO/c1-5-19-42(20-6-1)47-36-38-57(55(40-47)43-21-7-2-8-22-43)63(58-33-18-32-54-52-30-15-16-34-59(52)64-62(54)58)49-28-17-27-46(39-49)48-35-37-51-50-29-13-14-31-53(50)60(44-23-9-3-10-24-44)61(56(51)41-48)45-25-11-4-12-26-45/h1-41H. The summed E-state index contributed by atoms with van der Waals surface area (Å²) in [4.78, 5) is 2.39. The number of benzene rings is 11. The molecule has 12 rings (SSSR count). The number of furan rings is 1. The van der Waals surface area contributed by atoms with Gasteiger partial charge in [-0.05, 0) is 114 Å². The Hall–Kier alpha value is -8.46. The molecule has 0 atom stereocenters. The van der Waals surface area contributed by atoms with Gasteiger partial charge >= 0.3 is 0 Å². The molecule has 2 nitrogen and oxygen atoms in total. The molecule has 1 aromatic heterocycles. The summed E-state index contributed by atoms with van der Waals surface area (Å²) in [6.45, 7) is 0. The predicted molar refractivity (Wildman–Crippen MR) is 271 cm³/mol. The van der Waals surface area contributed by atoms with Gasteiger partial charge in [-0.1, -0.05) is 206 Å². The van der Waals surface area contributed by atoms with Crippen LogP contribution in [0, 0.1) is 0 Å². The Morgan fingerprint density at radius 1 is 0.266 bits per heavy atom. The molecule has 1 heterocycles. The fraction of sp³-hybridized carbons (Fsp3) is 0. The van der Waals surface area contributed by atoms with Crippen molar-refractivity contribution in [2.45, 2.75) is 0 Å². The average molecular weight is 816 g/mol. The van der Waals surface area contributed by atoms with Gasteiger partial charge < -0.3 is 9.32 Å². The summed E-state index contributed by atoms with van der Waals surface area (Å²) in [5.74, 6) is 0. The molecular weight excluding hydrogens is 775 g/mol. The third kappa shape index (κ3) is 6.44. The summed E-state index contributed by atoms with van der Waals surface area (Å²) in [5.41, 5.74) is 16.5. The van der Waals surface area contributed by atoms with Crippen LogP contribution in [-0.2, 0) is 0 Å². The first kappa shape index (κ1) is 37.3. The molecule has 0 saturated carbocycles. The van der Waals surface area contributed by atoms with Crippen molar-refractivity contribution in [3.8, 4) is 55.6 Å². The zero-order valence-corrected chi connectivity index (χ0v) is 35.0. The topological polar surface area (TPSA) is 16.4 Å². The van der Waals surface area contributed by atoms with E-state index in [1.165, 1.54) is 49.4 Å². The van der Waals surface area contributed by atoms with Gasteiger partial charge in [0.1, 0.15) is 5.58 Å². The molecule has 0 bridgehead atoms. The van der Waals surface area contributed by atoms with Gasteiger partial charge in [0.15, 0.2) is 5.58 Å². The highest BCUT2D eigenvalue weighted by Crippen LogP contribution is 2.49. The molecule has 11 aromatic carbocycles. The van der Waals surface area contributed by atoms with E-state index in [-0.39, 0.29) is 0 Å². The minimum Gasteiger partial charge on any atom is -0.454 e. The molecule has 64 heavy (non-hydrogen) atoms. The number of nitrogens with zero attached hydrogens (tertiary/aromatic N) is 1. The number of rotatable bonds is 8. The van der Waals surface area contributed by atoms with Gasteiger partial charge in [-0.2, -0.15) is 0 Å². The van der Waals surface area contributed by atoms with Crippen LogP contribution in [-0.4, -0.2) is 0 Å². The molecule has 0 radical (unpaired) electrons. The maximum atomic E-state index is 6.81. The molecule has 12 aromatic rings. The first-order valence-corrected chi connectivity index (χ1v) is 21.9. The molecule has 300 valence electrons. The third-order valence-electron chi connectivity index (χ3n) is 12.6. The molecule has 2 heteroatoms. The highest BCUT2D eigenvalue weighted by atomic mass is 16.3. The van der Waals surface area contributed by atoms with Gasteiger partial charge in [0.25, 0.3) is 0 Å². The van der Waals surface area contributed by atoms with Gasteiger partial charge in [-0.3, -0.25) is 0 Å². The zero-order chi connectivity index (χ0) is 42.4. The largest absolute Gasteiger partial charge is 0.454 e. The van der Waals surface area contributed by atoms with Crippen LogP contribution in [0.15, 0.2) is 253 Å². The van der Waals surface area contributed by atoms with E-state index in [1.54, 1.807) is 0 Å². The Balaban J connectivity index is 1.11. The summed E-state index contributed by atoms with van der Waals surface area (Å²) < 4.78 is 6.81. The highest BCUT2D eigenvalue weighted by Gasteiger charge is 2.24. The average Bonchev–Trinajstić information content (AvgIpc) is 3.77. The predicted octanol–water partition coefficient (Wildman–Crippen LogP) is 17.7. The summed E-state index contributed by atoms with van der Waals surface area (Å²) in [6, 6.07) is 89.7. The van der Waals surface area contributed by atoms with Gasteiger partial charge in [-0.25, -0.2) is 0 Å². The van der Waals surface area contributed by atoms with Gasteiger partial charge in [-0.15, -0.1) is 0 Å². The van der Waals surface area contributed by atoms with Crippen molar-refractivity contribution in [1.82, 2.24) is 0 Å². The Morgan fingerprint density at radius 2 is 0.766 bits per heavy atom. The molecular formula is C62H41NO. The smallest absolute Gasteiger partial charge is 0.159 e. The number of hydrogen-bond donors (Lipinski definition) is 0. The van der Waals surface area contributed by atoms with E-state index in [1.807, 2.05) is 6.07 Å². The van der Waals surface area contributed by atoms with E-state index in [0.717, 1.165) is 66.8 Å². The Labute approximate surface area is 372 Å². The summed E-state index contributed by atoms with van der Waals surface area (Å²) in [5, 5.41) is 7.13. The van der Waals surface area contributed by atoms with Crippen molar-refractivity contribution in [3.05, 3.63) is 249 Å². The van der Waals surface area contributed by atoms with Crippen molar-refractivity contribution in [2.75, 3.05) is 4.90 Å². The monoisotopic (exact) mass is 815 g/mol. The van der Waals surface area contributed by atoms with Gasteiger partial charge in [0.2, 0.25) is 0 Å². The van der Waals surface area contributed by atoms with Crippen molar-refractivity contribution >= 4 is 60.5 Å². The second kappa shape index (κ2) is 15.8. The SMILES string of the molecule is c1ccc(-c2ccc(N(c3cccc(-c4ccc5c(c4)c(-c4ccccc4)c(-c4ccccc4)c4ccccc45)c3)c3cccc4c3oc3ccccc34)c(-c3ccccc3)c2)cc1. The first-order valence-electron chi connectivity index (χ1n) is 21.9. The van der Waals surface area contributed by atoms with Crippen molar-refractivity contribution < 1.29 is 4.42 Å². The second-order valence-corrected chi connectivity index (χ2v) is 16.4. The molecule has 0 saturated heterocycles. The van der Waals surface area contributed by atoms with Crippen LogP contribution in [0.2, 0.25) is 0 Å². The Kier molecular flexibility index (Phi) is 9.20. The third-order valence-corrected chi connectivity index (χ3v) is 12.6. The molecule has 0 amide bonds. The van der Waals surface area contributed by atoms with E-state index < -0.39 is 0 Å². The van der Waals surface area contributed by atoms with Crippen molar-refractivity contribution in [3.63, 3.8) is 0 Å². The zero-order valence-electron chi connectivity index (χ0n) is 35.0. The van der Waals surface area contributed by atoms with Gasteiger partial charge in [0.05, 0.1) is 11.4 Å². The van der Waals surface area contributed by atoms with Crippen LogP contribution in [0.5, 0.6) is 0 Å². The molecule has 0 unspecified atom stereocenters. The fourth-order valence-corrected chi connectivity index (χ4v) is 9.71. The number of fused-ring (bicyclic) bond motifs is 6. The number of anilines is 3. The minimum absolute atomic E-state index is 0.846. The van der Waals surface area contributed by atoms with E-state index in [2.05, 4.69) is 248 Å². The lowest BCUT2D eigenvalue weighted by Crippen LogP contribution is -2.12. The number of para-hydroxylation sites is 2. The van der Waals surface area contributed by atoms with Crippen LogP contribution >= 0.6 is 0 Å². The lowest BCUT2D eigenvalue weighted by atomic mass is 9.84. The summed E-state index contributed by atoms with van der Waals surface area (Å²) in [7, 11) is 0. The van der Waals surface area contributed by atoms with Crippen molar-refractivity contribution in [2.24, 2.45) is 0 Å². The van der Waals surface area contributed by atoms with Crippen molar-refractivity contribution in [1.29, 1.82) is 0 Å². The van der Waals surface area contributed by atoms with Crippen LogP contribution < -0.4 is 4.90 Å².